The smallest absolute Gasteiger partial charge is 0.0588 e. The van der Waals surface area contributed by atoms with Gasteiger partial charge in [0.2, 0.25) is 0 Å². The highest BCUT2D eigenvalue weighted by Gasteiger charge is 1.99. The fraction of sp³-hybridized carbons (Fsp3) is 0.273. The van der Waals surface area contributed by atoms with Crippen LogP contribution in [0.2, 0.25) is 5.02 Å². The number of anilines is 2. The summed E-state index contributed by atoms with van der Waals surface area (Å²) in [4.78, 5) is 0. The Morgan fingerprint density at radius 3 is 2.86 bits per heavy atom. The minimum Gasteiger partial charge on any atom is -0.386 e. The predicted molar refractivity (Wildman–Crippen MR) is 64.3 cm³/mol. The lowest BCUT2D eigenvalue weighted by Gasteiger charge is -2.11. The highest BCUT2D eigenvalue weighted by atomic mass is 35.5. The number of benzene rings is 1. The Labute approximate surface area is 90.0 Å². The molecular formula is C11H15ClN2. The second-order valence-corrected chi connectivity index (χ2v) is 3.38. The number of nitrogens with one attached hydrogen (secondary N) is 2. The van der Waals surface area contributed by atoms with Crippen molar-refractivity contribution in [3.8, 4) is 0 Å². The third-order valence-corrected chi connectivity index (χ3v) is 2.15. The van der Waals surface area contributed by atoms with E-state index in [4.69, 9.17) is 11.6 Å². The minimum absolute atomic E-state index is 0.739. The van der Waals surface area contributed by atoms with Crippen molar-refractivity contribution in [2.75, 3.05) is 24.2 Å². The Hall–Kier alpha value is -1.15. The molecule has 1 aromatic carbocycles. The molecule has 1 rings (SSSR count). The first kappa shape index (κ1) is 10.9. The summed E-state index contributed by atoms with van der Waals surface area (Å²) in [5.41, 5.74) is 2.08. The first-order chi connectivity index (χ1) is 6.77. The van der Waals surface area contributed by atoms with Gasteiger partial charge in [-0.25, -0.2) is 0 Å². The van der Waals surface area contributed by atoms with Crippen molar-refractivity contribution in [2.24, 2.45) is 0 Å². The highest BCUT2D eigenvalue weighted by molar-refractivity contribution is 6.31. The summed E-state index contributed by atoms with van der Waals surface area (Å²) in [6, 6.07) is 5.74. The van der Waals surface area contributed by atoms with Crippen LogP contribution in [0.25, 0.3) is 0 Å². The molecule has 0 bridgehead atoms. The molecule has 0 saturated carbocycles. The fourth-order valence-corrected chi connectivity index (χ4v) is 1.36. The molecule has 0 fully saturated rings. The lowest BCUT2D eigenvalue weighted by molar-refractivity contribution is 1.07. The van der Waals surface area contributed by atoms with Crippen molar-refractivity contribution in [2.45, 2.75) is 6.42 Å². The van der Waals surface area contributed by atoms with Crippen LogP contribution in [0, 0.1) is 0 Å². The van der Waals surface area contributed by atoms with Crippen molar-refractivity contribution in [3.05, 3.63) is 35.9 Å². The molecule has 0 aliphatic rings. The van der Waals surface area contributed by atoms with Crippen LogP contribution in [0.15, 0.2) is 30.9 Å². The fourth-order valence-electron chi connectivity index (χ4n) is 1.19. The Bertz CT molecular complexity index is 310. The van der Waals surface area contributed by atoms with Crippen LogP contribution in [-0.2, 0) is 0 Å². The van der Waals surface area contributed by atoms with Gasteiger partial charge in [0, 0.05) is 18.6 Å². The Morgan fingerprint density at radius 1 is 1.43 bits per heavy atom. The molecule has 14 heavy (non-hydrogen) atoms. The third-order valence-electron chi connectivity index (χ3n) is 1.91. The molecule has 0 saturated heterocycles. The third kappa shape index (κ3) is 2.96. The van der Waals surface area contributed by atoms with E-state index in [0.717, 1.165) is 29.4 Å². The average molecular weight is 211 g/mol. The van der Waals surface area contributed by atoms with Gasteiger partial charge in [-0.15, -0.1) is 6.58 Å². The van der Waals surface area contributed by atoms with Crippen molar-refractivity contribution in [1.82, 2.24) is 0 Å². The van der Waals surface area contributed by atoms with Gasteiger partial charge in [0.05, 0.1) is 11.4 Å². The van der Waals surface area contributed by atoms with E-state index in [-0.39, 0.29) is 0 Å². The van der Waals surface area contributed by atoms with Gasteiger partial charge in [-0.3, -0.25) is 0 Å². The Morgan fingerprint density at radius 2 is 2.21 bits per heavy atom. The molecule has 3 heteroatoms. The van der Waals surface area contributed by atoms with E-state index in [1.807, 2.05) is 31.3 Å². The van der Waals surface area contributed by atoms with E-state index in [9.17, 15) is 0 Å². The van der Waals surface area contributed by atoms with Crippen LogP contribution >= 0.6 is 11.6 Å². The van der Waals surface area contributed by atoms with E-state index in [0.29, 0.717) is 0 Å². The van der Waals surface area contributed by atoms with Gasteiger partial charge in [0.15, 0.2) is 0 Å². The minimum atomic E-state index is 0.739. The molecule has 0 heterocycles. The molecule has 0 amide bonds. The van der Waals surface area contributed by atoms with Crippen LogP contribution in [0.5, 0.6) is 0 Å². The van der Waals surface area contributed by atoms with Gasteiger partial charge in [-0.2, -0.15) is 0 Å². The summed E-state index contributed by atoms with van der Waals surface area (Å²) in [5, 5.41) is 7.13. The first-order valence-corrected chi connectivity index (χ1v) is 4.98. The molecular weight excluding hydrogens is 196 g/mol. The second-order valence-electron chi connectivity index (χ2n) is 2.94. The van der Waals surface area contributed by atoms with Crippen molar-refractivity contribution >= 4 is 23.0 Å². The van der Waals surface area contributed by atoms with Crippen LogP contribution in [0.4, 0.5) is 11.4 Å². The lowest BCUT2D eigenvalue weighted by atomic mass is 10.2. The topological polar surface area (TPSA) is 24.1 Å². The van der Waals surface area contributed by atoms with Crippen molar-refractivity contribution in [3.63, 3.8) is 0 Å². The van der Waals surface area contributed by atoms with Crippen molar-refractivity contribution < 1.29 is 0 Å². The maximum absolute atomic E-state index is 5.87. The molecule has 0 aliphatic heterocycles. The first-order valence-electron chi connectivity index (χ1n) is 4.60. The summed E-state index contributed by atoms with van der Waals surface area (Å²) < 4.78 is 0. The van der Waals surface area contributed by atoms with Gasteiger partial charge in [0.1, 0.15) is 0 Å². The molecule has 0 atom stereocenters. The van der Waals surface area contributed by atoms with E-state index in [1.54, 1.807) is 0 Å². The van der Waals surface area contributed by atoms with E-state index >= 15 is 0 Å². The van der Waals surface area contributed by atoms with Crippen LogP contribution in [0.1, 0.15) is 6.42 Å². The molecule has 1 aromatic rings. The number of halogens is 1. The summed E-state index contributed by atoms with van der Waals surface area (Å²) in [7, 11) is 1.88. The largest absolute Gasteiger partial charge is 0.386 e. The van der Waals surface area contributed by atoms with Gasteiger partial charge < -0.3 is 10.6 Å². The van der Waals surface area contributed by atoms with Crippen LogP contribution in [0.3, 0.4) is 0 Å². The monoisotopic (exact) mass is 210 g/mol. The number of hydrogen-bond donors (Lipinski definition) is 2. The average Bonchev–Trinajstić information content (AvgIpc) is 2.20. The van der Waals surface area contributed by atoms with Crippen molar-refractivity contribution in [1.29, 1.82) is 0 Å². The zero-order valence-electron chi connectivity index (χ0n) is 8.31. The molecule has 76 valence electrons. The SMILES string of the molecule is C=CCCNc1ccc(Cl)cc1NC. The van der Waals surface area contributed by atoms with Gasteiger partial charge in [-0.05, 0) is 24.6 Å². The summed E-state index contributed by atoms with van der Waals surface area (Å²) in [5.74, 6) is 0. The number of hydrogen-bond acceptors (Lipinski definition) is 2. The lowest BCUT2D eigenvalue weighted by Crippen LogP contribution is -2.03. The molecule has 0 unspecified atom stereocenters. The molecule has 0 spiro atoms. The quantitative estimate of drug-likeness (QED) is 0.575. The van der Waals surface area contributed by atoms with Gasteiger partial charge in [0.25, 0.3) is 0 Å². The Balaban J connectivity index is 2.69. The highest BCUT2D eigenvalue weighted by Crippen LogP contribution is 2.24. The zero-order chi connectivity index (χ0) is 10.4. The normalized spacial score (nSPS) is 9.57. The van der Waals surface area contributed by atoms with Gasteiger partial charge in [-0.1, -0.05) is 17.7 Å². The molecule has 0 aromatic heterocycles. The molecule has 0 radical (unpaired) electrons. The standard InChI is InChI=1S/C11H15ClN2/c1-3-4-7-14-10-6-5-9(12)8-11(10)13-2/h3,5-6,8,13-14H,1,4,7H2,2H3. The number of rotatable bonds is 5. The van der Waals surface area contributed by atoms with E-state index < -0.39 is 0 Å². The maximum atomic E-state index is 5.87. The summed E-state index contributed by atoms with van der Waals surface area (Å²) >= 11 is 5.87. The molecule has 2 nitrogen and oxygen atoms in total. The van der Waals surface area contributed by atoms with E-state index in [1.165, 1.54) is 0 Å². The van der Waals surface area contributed by atoms with Crippen LogP contribution in [-0.4, -0.2) is 13.6 Å². The summed E-state index contributed by atoms with van der Waals surface area (Å²) in [6.45, 7) is 4.56. The second kappa shape index (κ2) is 5.55. The van der Waals surface area contributed by atoms with E-state index in [2.05, 4.69) is 17.2 Å². The maximum Gasteiger partial charge on any atom is 0.0588 e. The van der Waals surface area contributed by atoms with Gasteiger partial charge >= 0.3 is 0 Å². The molecule has 2 N–H and O–H groups in total. The van der Waals surface area contributed by atoms with Crippen LogP contribution < -0.4 is 10.6 Å². The Kier molecular flexibility index (Phi) is 4.33. The molecule has 0 aliphatic carbocycles. The summed E-state index contributed by atoms with van der Waals surface area (Å²) in [6.07, 6.45) is 2.84. The predicted octanol–water partition coefficient (Wildman–Crippen LogP) is 3.37. The zero-order valence-corrected chi connectivity index (χ0v) is 9.06.